The van der Waals surface area contributed by atoms with E-state index >= 15 is 0 Å². The first kappa shape index (κ1) is 27.9. The lowest BCUT2D eigenvalue weighted by Gasteiger charge is -2.42. The Morgan fingerprint density at radius 1 is 0.483 bits per heavy atom. The molecule has 29 heavy (non-hydrogen) atoms. The van der Waals surface area contributed by atoms with Crippen LogP contribution in [0.4, 0.5) is 74.6 Å². The number of halogens is 17. The van der Waals surface area contributed by atoms with E-state index in [1.165, 1.54) is 0 Å². The first-order valence-corrected chi connectivity index (χ1v) is 6.67. The SMILES string of the molecule is O=S([O-])OC(F)(F)C(F)(F)C(F)(F)C(F)(F)C(F)(F)C(F)(F)C(F)(F)C(F)(F)F. The molecule has 0 fully saturated rings. The van der Waals surface area contributed by atoms with Crippen molar-refractivity contribution in [3.63, 3.8) is 0 Å². The Kier molecular flexibility index (Phi) is 6.69. The van der Waals surface area contributed by atoms with Crippen LogP contribution < -0.4 is 0 Å². The van der Waals surface area contributed by atoms with Crippen molar-refractivity contribution in [2.45, 2.75) is 47.8 Å². The van der Waals surface area contributed by atoms with Crippen molar-refractivity contribution >= 4 is 11.4 Å². The predicted octanol–water partition coefficient (Wildman–Crippen LogP) is 4.76. The van der Waals surface area contributed by atoms with Crippen LogP contribution in [0.2, 0.25) is 0 Å². The van der Waals surface area contributed by atoms with Gasteiger partial charge in [0, 0.05) is 0 Å². The number of hydrogen-bond acceptors (Lipinski definition) is 3. The molecule has 0 N–H and O–H groups in total. The van der Waals surface area contributed by atoms with Crippen molar-refractivity contribution in [1.29, 1.82) is 0 Å². The van der Waals surface area contributed by atoms with Gasteiger partial charge in [0.05, 0.1) is 11.4 Å². The maximum absolute atomic E-state index is 13.1. The van der Waals surface area contributed by atoms with E-state index in [2.05, 4.69) is 0 Å². The van der Waals surface area contributed by atoms with Gasteiger partial charge in [0.25, 0.3) is 0 Å². The standard InChI is InChI=1S/C8HF17O3S/c9-1(10,3(13,14)5(17,18)7(21,22)23)2(11,12)4(15,16)6(19,20)8(24,25)28-29(26)27/h(H,26,27)/p-1. The summed E-state index contributed by atoms with van der Waals surface area (Å²) in [5, 5.41) is 0. The molecule has 0 aromatic heterocycles. The van der Waals surface area contributed by atoms with Gasteiger partial charge in [-0.3, -0.25) is 0 Å². The van der Waals surface area contributed by atoms with E-state index in [1.54, 1.807) is 4.18 Å². The van der Waals surface area contributed by atoms with E-state index < -0.39 is 59.2 Å². The highest BCUT2D eigenvalue weighted by molar-refractivity contribution is 7.74. The summed E-state index contributed by atoms with van der Waals surface area (Å²) in [5.74, 6) is -51.2. The predicted molar refractivity (Wildman–Crippen MR) is 50.7 cm³/mol. The van der Waals surface area contributed by atoms with Gasteiger partial charge in [-0.1, -0.05) is 0 Å². The van der Waals surface area contributed by atoms with Gasteiger partial charge >= 0.3 is 47.8 Å². The quantitative estimate of drug-likeness (QED) is 0.358. The van der Waals surface area contributed by atoms with Crippen LogP contribution in [0, 0.1) is 0 Å². The summed E-state index contributed by atoms with van der Waals surface area (Å²) in [6, 6.07) is 0. The van der Waals surface area contributed by atoms with Crippen molar-refractivity contribution in [2.75, 3.05) is 0 Å². The normalized spacial score (nSPS) is 17.4. The molecule has 0 aromatic rings. The summed E-state index contributed by atoms with van der Waals surface area (Å²) in [4.78, 5) is 0. The smallest absolute Gasteiger partial charge is 0.460 e. The summed E-state index contributed by atoms with van der Waals surface area (Å²) in [6.07, 6.45) is -15.2. The highest BCUT2D eigenvalue weighted by atomic mass is 32.2. The van der Waals surface area contributed by atoms with Gasteiger partial charge in [-0.2, -0.15) is 74.6 Å². The van der Waals surface area contributed by atoms with Gasteiger partial charge in [-0.15, -0.1) is 0 Å². The Morgan fingerprint density at radius 3 is 0.966 bits per heavy atom. The van der Waals surface area contributed by atoms with Crippen LogP contribution in [0.25, 0.3) is 0 Å². The Morgan fingerprint density at radius 2 is 0.724 bits per heavy atom. The molecule has 0 aliphatic heterocycles. The second kappa shape index (κ2) is 6.95. The third kappa shape index (κ3) is 3.72. The van der Waals surface area contributed by atoms with E-state index in [4.69, 9.17) is 0 Å². The minimum atomic E-state index is -8.78. The first-order chi connectivity index (χ1) is 12.2. The van der Waals surface area contributed by atoms with Crippen molar-refractivity contribution in [3.05, 3.63) is 0 Å². The summed E-state index contributed by atoms with van der Waals surface area (Å²) in [7, 11) is 0. The molecular weight excluding hydrogens is 499 g/mol. The molecule has 0 aromatic carbocycles. The highest BCUT2D eigenvalue weighted by Gasteiger charge is 2.95. The lowest BCUT2D eigenvalue weighted by molar-refractivity contribution is -0.471. The van der Waals surface area contributed by atoms with Gasteiger partial charge in [0.15, 0.2) is 0 Å². The zero-order valence-corrected chi connectivity index (χ0v) is 12.9. The molecular formula is C8F17O3S-. The van der Waals surface area contributed by atoms with Crippen LogP contribution >= 0.6 is 0 Å². The minimum absolute atomic E-state index is 1.76. The van der Waals surface area contributed by atoms with E-state index in [0.717, 1.165) is 0 Å². The fraction of sp³-hybridized carbons (Fsp3) is 1.00. The molecule has 176 valence electrons. The average Bonchev–Trinajstić information content (AvgIpc) is 2.43. The molecule has 0 bridgehead atoms. The minimum Gasteiger partial charge on any atom is -0.750 e. The summed E-state index contributed by atoms with van der Waals surface area (Å²) in [6.45, 7) is 0. The Balaban J connectivity index is 6.69. The molecule has 3 nitrogen and oxygen atoms in total. The van der Waals surface area contributed by atoms with Gasteiger partial charge in [0.2, 0.25) is 0 Å². The van der Waals surface area contributed by atoms with E-state index in [1.807, 2.05) is 0 Å². The van der Waals surface area contributed by atoms with Crippen LogP contribution in [0.15, 0.2) is 0 Å². The fourth-order valence-corrected chi connectivity index (χ4v) is 1.56. The monoisotopic (exact) mass is 499 g/mol. The van der Waals surface area contributed by atoms with Crippen LogP contribution in [-0.2, 0) is 15.5 Å². The van der Waals surface area contributed by atoms with E-state index in [9.17, 15) is 83.4 Å². The molecule has 0 saturated carbocycles. The number of alkyl halides is 17. The van der Waals surface area contributed by atoms with E-state index in [0.29, 0.717) is 0 Å². The van der Waals surface area contributed by atoms with Crippen LogP contribution in [0.3, 0.4) is 0 Å². The van der Waals surface area contributed by atoms with Gasteiger partial charge in [-0.05, 0) is 0 Å². The number of hydrogen-bond donors (Lipinski definition) is 0. The van der Waals surface area contributed by atoms with Crippen LogP contribution in [-0.4, -0.2) is 56.6 Å². The molecule has 0 saturated heterocycles. The summed E-state index contributed by atoms with van der Waals surface area (Å²) in [5.41, 5.74) is 0. The molecule has 0 aliphatic carbocycles. The lowest BCUT2D eigenvalue weighted by atomic mass is 9.91. The van der Waals surface area contributed by atoms with Crippen LogP contribution in [0.1, 0.15) is 0 Å². The van der Waals surface area contributed by atoms with Gasteiger partial charge in [-0.25, -0.2) is 8.39 Å². The molecule has 0 rings (SSSR count). The van der Waals surface area contributed by atoms with Gasteiger partial charge in [0.1, 0.15) is 0 Å². The molecule has 21 heteroatoms. The third-order valence-electron chi connectivity index (χ3n) is 2.87. The maximum atomic E-state index is 13.1. The van der Waals surface area contributed by atoms with Crippen LogP contribution in [0.5, 0.6) is 0 Å². The van der Waals surface area contributed by atoms with Crippen molar-refractivity contribution < 1.29 is 87.6 Å². The van der Waals surface area contributed by atoms with Crippen molar-refractivity contribution in [3.8, 4) is 0 Å². The topological polar surface area (TPSA) is 49.4 Å². The molecule has 0 radical (unpaired) electrons. The first-order valence-electron chi connectivity index (χ1n) is 5.67. The van der Waals surface area contributed by atoms with Crippen molar-refractivity contribution in [1.82, 2.24) is 0 Å². The summed E-state index contributed by atoms with van der Waals surface area (Å²) >= 11 is -4.97. The zero-order chi connectivity index (χ0) is 24.3. The molecule has 0 aliphatic rings. The molecule has 0 amide bonds. The highest BCUT2D eigenvalue weighted by Crippen LogP contribution is 2.64. The zero-order valence-electron chi connectivity index (χ0n) is 12.1. The average molecular weight is 499 g/mol. The van der Waals surface area contributed by atoms with Crippen molar-refractivity contribution in [2.24, 2.45) is 0 Å². The second-order valence-electron chi connectivity index (χ2n) is 4.75. The Bertz CT molecular complexity index is 637. The van der Waals surface area contributed by atoms with Gasteiger partial charge < -0.3 is 4.55 Å². The van der Waals surface area contributed by atoms with E-state index in [-0.39, 0.29) is 0 Å². The largest absolute Gasteiger partial charge is 0.750 e. The Labute approximate surface area is 148 Å². The Hall–Kier alpha value is -1.12. The number of rotatable bonds is 8. The molecule has 0 heterocycles. The third-order valence-corrected chi connectivity index (χ3v) is 3.21. The second-order valence-corrected chi connectivity index (χ2v) is 5.32. The summed E-state index contributed by atoms with van der Waals surface area (Å²) < 4.78 is 236. The molecule has 1 unspecified atom stereocenters. The molecule has 1 atom stereocenters. The molecule has 0 spiro atoms. The fourth-order valence-electron chi connectivity index (χ4n) is 1.29. The lowest BCUT2D eigenvalue weighted by Crippen LogP contribution is -2.74. The maximum Gasteiger partial charge on any atom is 0.460 e.